The summed E-state index contributed by atoms with van der Waals surface area (Å²) in [7, 11) is 0. The third-order valence-corrected chi connectivity index (χ3v) is 3.62. The van der Waals surface area contributed by atoms with Gasteiger partial charge >= 0.3 is 0 Å². The van der Waals surface area contributed by atoms with Gasteiger partial charge in [0.2, 0.25) is 5.89 Å². The van der Waals surface area contributed by atoms with E-state index in [1.807, 2.05) is 30.5 Å². The molecule has 0 fully saturated rings. The Kier molecular flexibility index (Phi) is 2.92. The summed E-state index contributed by atoms with van der Waals surface area (Å²) in [5, 5.41) is 9.12. The van der Waals surface area contributed by atoms with Gasteiger partial charge in [0.25, 0.3) is 0 Å². The summed E-state index contributed by atoms with van der Waals surface area (Å²) in [6.45, 7) is 4.24. The van der Waals surface area contributed by atoms with Gasteiger partial charge in [-0.3, -0.25) is 0 Å². The Balaban J connectivity index is 2.15. The molecule has 0 spiro atoms. The summed E-state index contributed by atoms with van der Waals surface area (Å²) in [6, 6.07) is 7.68. The van der Waals surface area contributed by atoms with E-state index < -0.39 is 0 Å². The van der Waals surface area contributed by atoms with Crippen LogP contribution in [0.25, 0.3) is 11.0 Å². The SMILES string of the molecule is Cc1nc(Cn2c(=S)[nH]c3c(C#N)cccc32)oc1C. The number of H-pyrrole nitrogens is 1. The molecule has 3 rings (SSSR count). The van der Waals surface area contributed by atoms with E-state index >= 15 is 0 Å². The standard InChI is InChI=1S/C14H12N4OS/c1-8-9(2)19-12(16-8)7-18-11-5-3-4-10(6-15)13(11)17-14(18)20/h3-5H,7H2,1-2H3,(H,17,20). The van der Waals surface area contributed by atoms with Gasteiger partial charge in [-0.25, -0.2) is 4.98 Å². The van der Waals surface area contributed by atoms with Crippen molar-refractivity contribution in [2.75, 3.05) is 0 Å². The molecule has 0 aliphatic carbocycles. The summed E-state index contributed by atoms with van der Waals surface area (Å²) >= 11 is 5.33. The number of benzene rings is 1. The van der Waals surface area contributed by atoms with Crippen LogP contribution < -0.4 is 0 Å². The molecule has 0 unspecified atom stereocenters. The summed E-state index contributed by atoms with van der Waals surface area (Å²) in [5.41, 5.74) is 3.08. The molecule has 1 N–H and O–H groups in total. The Bertz CT molecular complexity index is 875. The van der Waals surface area contributed by atoms with Crippen molar-refractivity contribution in [3.05, 3.63) is 45.9 Å². The zero-order valence-electron chi connectivity index (χ0n) is 11.1. The lowest BCUT2D eigenvalue weighted by molar-refractivity contribution is 0.458. The maximum absolute atomic E-state index is 9.12. The van der Waals surface area contributed by atoms with Crippen molar-refractivity contribution < 1.29 is 4.42 Å². The minimum Gasteiger partial charge on any atom is -0.444 e. The quantitative estimate of drug-likeness (QED) is 0.733. The number of oxazole rings is 1. The molecule has 2 aromatic heterocycles. The molecule has 0 aliphatic heterocycles. The Morgan fingerprint density at radius 1 is 1.45 bits per heavy atom. The van der Waals surface area contributed by atoms with Crippen molar-refractivity contribution in [1.29, 1.82) is 5.26 Å². The number of nitriles is 1. The third kappa shape index (κ3) is 1.92. The van der Waals surface area contributed by atoms with Crippen LogP contribution in [0.1, 0.15) is 22.9 Å². The predicted molar refractivity (Wildman–Crippen MR) is 76.9 cm³/mol. The van der Waals surface area contributed by atoms with Crippen LogP contribution in [0.3, 0.4) is 0 Å². The van der Waals surface area contributed by atoms with Gasteiger partial charge in [-0.2, -0.15) is 5.26 Å². The van der Waals surface area contributed by atoms with Crippen LogP contribution in [-0.2, 0) is 6.54 Å². The molecule has 0 bridgehead atoms. The van der Waals surface area contributed by atoms with E-state index in [2.05, 4.69) is 16.0 Å². The van der Waals surface area contributed by atoms with Gasteiger partial charge in [0, 0.05) is 0 Å². The third-order valence-electron chi connectivity index (χ3n) is 3.30. The van der Waals surface area contributed by atoms with Gasteiger partial charge < -0.3 is 14.0 Å². The predicted octanol–water partition coefficient (Wildman–Crippen LogP) is 3.22. The average Bonchev–Trinajstić information content (AvgIpc) is 2.91. The molecule has 0 radical (unpaired) electrons. The zero-order chi connectivity index (χ0) is 14.3. The van der Waals surface area contributed by atoms with Gasteiger partial charge in [0.15, 0.2) is 4.77 Å². The van der Waals surface area contributed by atoms with Crippen molar-refractivity contribution in [3.63, 3.8) is 0 Å². The molecule has 0 atom stereocenters. The van der Waals surface area contributed by atoms with E-state index in [1.54, 1.807) is 6.07 Å². The lowest BCUT2D eigenvalue weighted by Gasteiger charge is -2.01. The van der Waals surface area contributed by atoms with E-state index in [9.17, 15) is 0 Å². The first-order valence-electron chi connectivity index (χ1n) is 6.14. The van der Waals surface area contributed by atoms with Crippen molar-refractivity contribution in [1.82, 2.24) is 14.5 Å². The van der Waals surface area contributed by atoms with Gasteiger partial charge in [-0.05, 0) is 38.2 Å². The van der Waals surface area contributed by atoms with E-state index in [0.717, 1.165) is 22.5 Å². The number of imidazole rings is 1. The Morgan fingerprint density at radius 2 is 2.25 bits per heavy atom. The van der Waals surface area contributed by atoms with Crippen LogP contribution >= 0.6 is 12.2 Å². The number of nitrogens with zero attached hydrogens (tertiary/aromatic N) is 3. The monoisotopic (exact) mass is 284 g/mol. The molecule has 0 amide bonds. The summed E-state index contributed by atoms with van der Waals surface area (Å²) in [6.07, 6.45) is 0. The van der Waals surface area contributed by atoms with E-state index in [-0.39, 0.29) is 0 Å². The van der Waals surface area contributed by atoms with E-state index in [4.69, 9.17) is 21.9 Å². The number of rotatable bonds is 2. The smallest absolute Gasteiger partial charge is 0.214 e. The highest BCUT2D eigenvalue weighted by atomic mass is 32.1. The maximum atomic E-state index is 9.12. The van der Waals surface area contributed by atoms with Gasteiger partial charge in [0.05, 0.1) is 22.3 Å². The summed E-state index contributed by atoms with van der Waals surface area (Å²) in [5.74, 6) is 1.42. The number of hydrogen-bond donors (Lipinski definition) is 1. The second-order valence-electron chi connectivity index (χ2n) is 4.58. The number of nitrogens with one attached hydrogen (secondary N) is 1. The number of aryl methyl sites for hydroxylation is 2. The molecule has 0 aliphatic rings. The molecule has 0 saturated heterocycles. The summed E-state index contributed by atoms with van der Waals surface area (Å²) < 4.78 is 8.03. The normalized spacial score (nSPS) is 10.8. The maximum Gasteiger partial charge on any atom is 0.214 e. The zero-order valence-corrected chi connectivity index (χ0v) is 11.9. The van der Waals surface area contributed by atoms with E-state index in [1.165, 1.54) is 0 Å². The van der Waals surface area contributed by atoms with Crippen LogP contribution in [0.4, 0.5) is 0 Å². The Morgan fingerprint density at radius 3 is 2.90 bits per heavy atom. The first-order chi connectivity index (χ1) is 9.60. The Hall–Kier alpha value is -2.39. The second kappa shape index (κ2) is 4.62. The Labute approximate surface area is 120 Å². The highest BCUT2D eigenvalue weighted by molar-refractivity contribution is 7.71. The van der Waals surface area contributed by atoms with Gasteiger partial charge in [-0.1, -0.05) is 6.07 Å². The van der Waals surface area contributed by atoms with E-state index in [0.29, 0.717) is 22.8 Å². The van der Waals surface area contributed by atoms with Gasteiger partial charge in [-0.15, -0.1) is 0 Å². The molecule has 20 heavy (non-hydrogen) atoms. The minimum atomic E-state index is 0.447. The lowest BCUT2D eigenvalue weighted by atomic mass is 10.2. The first-order valence-corrected chi connectivity index (χ1v) is 6.55. The molecule has 100 valence electrons. The molecular formula is C14H12N4OS. The van der Waals surface area contributed by atoms with Crippen molar-refractivity contribution in [2.24, 2.45) is 0 Å². The minimum absolute atomic E-state index is 0.447. The van der Waals surface area contributed by atoms with Crippen molar-refractivity contribution in [2.45, 2.75) is 20.4 Å². The van der Waals surface area contributed by atoms with Crippen molar-refractivity contribution in [3.8, 4) is 6.07 Å². The molecule has 1 aromatic carbocycles. The molecule has 2 heterocycles. The molecule has 6 heteroatoms. The fourth-order valence-electron chi connectivity index (χ4n) is 2.17. The highest BCUT2D eigenvalue weighted by Gasteiger charge is 2.12. The fraction of sp³-hybridized carbons (Fsp3) is 0.214. The number of aromatic nitrogens is 3. The average molecular weight is 284 g/mol. The first kappa shape index (κ1) is 12.6. The molecular weight excluding hydrogens is 272 g/mol. The summed E-state index contributed by atoms with van der Waals surface area (Å²) in [4.78, 5) is 7.44. The molecule has 3 aromatic rings. The van der Waals surface area contributed by atoms with Crippen LogP contribution in [0.15, 0.2) is 22.6 Å². The van der Waals surface area contributed by atoms with Crippen molar-refractivity contribution >= 4 is 23.3 Å². The molecule has 5 nitrogen and oxygen atoms in total. The second-order valence-corrected chi connectivity index (χ2v) is 4.96. The fourth-order valence-corrected chi connectivity index (χ4v) is 2.44. The largest absolute Gasteiger partial charge is 0.444 e. The number of aromatic amines is 1. The number of fused-ring (bicyclic) bond motifs is 1. The van der Waals surface area contributed by atoms with Crippen LogP contribution in [0.5, 0.6) is 0 Å². The molecule has 0 saturated carbocycles. The van der Waals surface area contributed by atoms with Crippen LogP contribution in [0, 0.1) is 29.9 Å². The van der Waals surface area contributed by atoms with Crippen LogP contribution in [-0.4, -0.2) is 14.5 Å². The number of hydrogen-bond acceptors (Lipinski definition) is 4. The highest BCUT2D eigenvalue weighted by Crippen LogP contribution is 2.19. The topological polar surface area (TPSA) is 70.5 Å². The number of para-hydroxylation sites is 1. The van der Waals surface area contributed by atoms with Crippen LogP contribution in [0.2, 0.25) is 0 Å². The van der Waals surface area contributed by atoms with Gasteiger partial charge in [0.1, 0.15) is 18.4 Å². The lowest BCUT2D eigenvalue weighted by Crippen LogP contribution is -2.00.